The van der Waals surface area contributed by atoms with Crippen LogP contribution < -0.4 is 16.0 Å². The number of nitrogens with zero attached hydrogens (tertiary/aromatic N) is 2. The molecule has 3 heterocycles. The zero-order valence-electron chi connectivity index (χ0n) is 27.6. The van der Waals surface area contributed by atoms with E-state index in [1.54, 1.807) is 46.0 Å². The second kappa shape index (κ2) is 18.3. The molecular formula is C33H44N6O9. The molecule has 2 aliphatic rings. The van der Waals surface area contributed by atoms with Crippen molar-refractivity contribution in [3.63, 3.8) is 0 Å². The Labute approximate surface area is 279 Å². The molecule has 0 spiro atoms. The molecule has 260 valence electrons. The van der Waals surface area contributed by atoms with Crippen LogP contribution in [0.5, 0.6) is 0 Å². The summed E-state index contributed by atoms with van der Waals surface area (Å²) >= 11 is 0. The number of allylic oxidation sites excluding steroid dienone is 2. The summed E-state index contributed by atoms with van der Waals surface area (Å²) in [4.78, 5) is 69.9. The lowest BCUT2D eigenvalue weighted by Gasteiger charge is -2.30. The third kappa shape index (κ3) is 11.6. The number of aromatic nitrogens is 1. The van der Waals surface area contributed by atoms with E-state index >= 15 is 0 Å². The normalized spacial score (nSPS) is 26.4. The summed E-state index contributed by atoms with van der Waals surface area (Å²) in [7, 11) is 1.64. The number of cyclic esters (lactones) is 1. The van der Waals surface area contributed by atoms with Gasteiger partial charge in [0, 0.05) is 38.4 Å². The van der Waals surface area contributed by atoms with Crippen molar-refractivity contribution in [1.82, 2.24) is 25.8 Å². The predicted molar refractivity (Wildman–Crippen MR) is 174 cm³/mol. The molecule has 1 aromatic rings. The molecule has 1 fully saturated rings. The van der Waals surface area contributed by atoms with Gasteiger partial charge in [0.05, 0.1) is 19.1 Å². The molecule has 1 aromatic heterocycles. The lowest BCUT2D eigenvalue weighted by Crippen LogP contribution is -2.45. The number of nitrogens with one attached hydrogen (secondary N) is 4. The molecule has 3 amide bonds. The van der Waals surface area contributed by atoms with Crippen LogP contribution in [0.25, 0.3) is 0 Å². The number of ketones is 1. The van der Waals surface area contributed by atoms with Crippen molar-refractivity contribution in [1.29, 1.82) is 5.41 Å². The maximum atomic E-state index is 13.6. The van der Waals surface area contributed by atoms with Crippen LogP contribution in [-0.2, 0) is 30.3 Å². The minimum Gasteiger partial charge on any atom is -0.460 e. The summed E-state index contributed by atoms with van der Waals surface area (Å²) in [5.74, 6) is -3.27. The zero-order valence-corrected chi connectivity index (χ0v) is 27.6. The fourth-order valence-electron chi connectivity index (χ4n) is 5.21. The minimum absolute atomic E-state index is 0.00957. The van der Waals surface area contributed by atoms with Crippen molar-refractivity contribution in [3.8, 4) is 0 Å². The van der Waals surface area contributed by atoms with E-state index < -0.39 is 54.0 Å². The van der Waals surface area contributed by atoms with E-state index in [1.165, 1.54) is 29.3 Å². The Bertz CT molecular complexity index is 1460. The first-order valence-corrected chi connectivity index (χ1v) is 15.7. The molecule has 15 heteroatoms. The number of hydrogen-bond acceptors (Lipinski definition) is 12. The van der Waals surface area contributed by atoms with Gasteiger partial charge in [-0.15, -0.1) is 0 Å². The number of oxazole rings is 1. The molecule has 0 aliphatic carbocycles. The van der Waals surface area contributed by atoms with Gasteiger partial charge >= 0.3 is 12.1 Å². The number of ether oxygens (including phenoxy) is 2. The Hall–Kier alpha value is -5.05. The summed E-state index contributed by atoms with van der Waals surface area (Å²) < 4.78 is 16.6. The number of rotatable bonds is 5. The van der Waals surface area contributed by atoms with Gasteiger partial charge in [-0.1, -0.05) is 43.7 Å². The van der Waals surface area contributed by atoms with Crippen molar-refractivity contribution in [3.05, 3.63) is 66.1 Å². The van der Waals surface area contributed by atoms with Crippen molar-refractivity contribution in [2.45, 2.75) is 64.7 Å². The van der Waals surface area contributed by atoms with Crippen LogP contribution in [0.15, 0.2) is 58.9 Å². The summed E-state index contributed by atoms with van der Waals surface area (Å²) in [5, 5.41) is 25.8. The lowest BCUT2D eigenvalue weighted by molar-refractivity contribution is -0.159. The predicted octanol–water partition coefficient (Wildman–Crippen LogP) is 1.95. The van der Waals surface area contributed by atoms with E-state index in [2.05, 4.69) is 20.9 Å². The molecule has 0 aromatic carbocycles. The van der Waals surface area contributed by atoms with Gasteiger partial charge in [0.2, 0.25) is 11.8 Å². The molecule has 1 saturated heterocycles. The number of amidine groups is 1. The second-order valence-corrected chi connectivity index (χ2v) is 11.7. The molecule has 0 radical (unpaired) electrons. The molecular weight excluding hydrogens is 624 g/mol. The quantitative estimate of drug-likeness (QED) is 0.174. The standard InChI is InChI=1S/C33H44N6O9/c1-20-7-5-12-36-28(42)10-9-21(2)30(22(3)18-47-33(45)38-27(34)11-13-35-4)48-32(44)26-8-6-14-39(26)31(43)25-19-46-29(37-25)17-24(41)16-23(40)15-20/h5,7,9-11,13,15,19,21-23,26,30,35,40H,6,8,12,14,16-18H2,1-4H3,(H,36,42)(H2,34,38,45)/b7-5+,10-9+,13-11-,20-15+/t21-,22-,23-,26-,30+/m1/s1. The average molecular weight is 669 g/mol. The van der Waals surface area contributed by atoms with Crippen LogP contribution in [-0.4, -0.2) is 95.5 Å². The lowest BCUT2D eigenvalue weighted by atomic mass is 9.93. The summed E-state index contributed by atoms with van der Waals surface area (Å²) in [6, 6.07) is -0.935. The number of carbonyl (C=O) groups excluding carboxylic acids is 5. The third-order valence-electron chi connectivity index (χ3n) is 7.59. The Balaban J connectivity index is 1.84. The summed E-state index contributed by atoms with van der Waals surface area (Å²) in [6.07, 6.45) is 9.35. The van der Waals surface area contributed by atoms with Crippen molar-refractivity contribution >= 4 is 35.5 Å². The van der Waals surface area contributed by atoms with Gasteiger partial charge in [0.1, 0.15) is 30.0 Å². The van der Waals surface area contributed by atoms with Crippen molar-refractivity contribution in [2.24, 2.45) is 11.8 Å². The molecule has 3 rings (SSSR count). The largest absolute Gasteiger partial charge is 0.460 e. The number of aliphatic hydroxyl groups is 1. The highest BCUT2D eigenvalue weighted by Crippen LogP contribution is 2.26. The molecule has 15 nitrogen and oxygen atoms in total. The van der Waals surface area contributed by atoms with E-state index in [0.717, 1.165) is 6.26 Å². The van der Waals surface area contributed by atoms with Gasteiger partial charge in [-0.25, -0.2) is 14.6 Å². The van der Waals surface area contributed by atoms with Gasteiger partial charge in [0.25, 0.3) is 5.91 Å². The number of esters is 1. The van der Waals surface area contributed by atoms with Crippen LogP contribution in [0.4, 0.5) is 4.79 Å². The molecule has 2 aliphatic heterocycles. The molecule has 0 unspecified atom stereocenters. The maximum absolute atomic E-state index is 13.6. The van der Waals surface area contributed by atoms with E-state index in [0.29, 0.717) is 18.4 Å². The molecule has 5 atom stereocenters. The Kier molecular flexibility index (Phi) is 14.3. The van der Waals surface area contributed by atoms with E-state index in [1.807, 2.05) is 0 Å². The Morgan fingerprint density at radius 3 is 2.81 bits per heavy atom. The fraction of sp³-hybridized carbons (Fsp3) is 0.485. The van der Waals surface area contributed by atoms with Gasteiger partial charge < -0.3 is 34.5 Å². The average Bonchev–Trinajstić information content (AvgIpc) is 3.72. The van der Waals surface area contributed by atoms with E-state index in [9.17, 15) is 29.1 Å². The van der Waals surface area contributed by atoms with Crippen molar-refractivity contribution < 1.29 is 43.0 Å². The van der Waals surface area contributed by atoms with Gasteiger partial charge in [-0.05, 0) is 38.1 Å². The topological polar surface area (TPSA) is 213 Å². The minimum atomic E-state index is -1.06. The monoisotopic (exact) mass is 668 g/mol. The van der Waals surface area contributed by atoms with E-state index in [-0.39, 0.29) is 55.7 Å². The molecule has 5 N–H and O–H groups in total. The van der Waals surface area contributed by atoms with Crippen LogP contribution in [0.3, 0.4) is 0 Å². The fourth-order valence-corrected chi connectivity index (χ4v) is 5.21. The van der Waals surface area contributed by atoms with Gasteiger partial charge in [0.15, 0.2) is 5.69 Å². The molecule has 0 saturated carbocycles. The molecule has 2 bridgehead atoms. The highest BCUT2D eigenvalue weighted by molar-refractivity contribution is 6.00. The third-order valence-corrected chi connectivity index (χ3v) is 7.59. The first-order valence-electron chi connectivity index (χ1n) is 15.7. The first-order chi connectivity index (χ1) is 22.9. The van der Waals surface area contributed by atoms with Gasteiger partial charge in [-0.2, -0.15) is 0 Å². The first kappa shape index (κ1) is 37.4. The number of amides is 3. The number of hydrogen-bond donors (Lipinski definition) is 5. The van der Waals surface area contributed by atoms with Crippen LogP contribution in [0.2, 0.25) is 0 Å². The number of Topliss-reactive ketones (excluding diaryl/α,β-unsaturated/α-hetero) is 1. The summed E-state index contributed by atoms with van der Waals surface area (Å²) in [6.45, 7) is 5.46. The number of aliphatic hydroxyl groups excluding tert-OH is 1. The number of carbonyl (C=O) groups is 5. The maximum Gasteiger partial charge on any atom is 0.412 e. The van der Waals surface area contributed by atoms with E-state index in [4.69, 9.17) is 19.3 Å². The van der Waals surface area contributed by atoms with Gasteiger partial charge in [-0.3, -0.25) is 25.1 Å². The highest BCUT2D eigenvalue weighted by Gasteiger charge is 2.39. The Morgan fingerprint density at radius 2 is 2.06 bits per heavy atom. The second-order valence-electron chi connectivity index (χ2n) is 11.7. The smallest absolute Gasteiger partial charge is 0.412 e. The SMILES string of the molecule is CN/C=C\C(=N)NC(=O)OC[C@@H](C)[C@H]1OC(=O)[C@H]2CCCN2C(=O)c2coc(n2)CC(=O)C[C@H](O)/C=C(C)/C=C/CNC(=O)/C=C/[C@H]1C. The highest BCUT2D eigenvalue weighted by atomic mass is 16.6. The number of fused-ring (bicyclic) bond motifs is 3. The van der Waals surface area contributed by atoms with Crippen molar-refractivity contribution in [2.75, 3.05) is 26.7 Å². The summed E-state index contributed by atoms with van der Waals surface area (Å²) in [5.41, 5.74) is 0.608. The van der Waals surface area contributed by atoms with Crippen LogP contribution in [0.1, 0.15) is 56.4 Å². The number of alkyl carbamates (subject to hydrolysis) is 1. The van der Waals surface area contributed by atoms with Crippen LogP contribution >= 0.6 is 0 Å². The zero-order chi connectivity index (χ0) is 35.2. The Morgan fingerprint density at radius 1 is 1.29 bits per heavy atom. The van der Waals surface area contributed by atoms with Crippen LogP contribution in [0, 0.1) is 17.2 Å². The molecule has 48 heavy (non-hydrogen) atoms.